The molecule has 0 atom stereocenters. The second-order valence-electron chi connectivity index (χ2n) is 5.77. The van der Waals surface area contributed by atoms with Gasteiger partial charge in [-0.25, -0.2) is 9.67 Å². The molecule has 0 aliphatic carbocycles. The minimum Gasteiger partial charge on any atom is -0.292 e. The van der Waals surface area contributed by atoms with Crippen molar-refractivity contribution in [2.75, 3.05) is 5.32 Å². The fraction of sp³-hybridized carbons (Fsp3) is 0.250. The summed E-state index contributed by atoms with van der Waals surface area (Å²) in [7, 11) is 0. The van der Waals surface area contributed by atoms with Gasteiger partial charge < -0.3 is 0 Å². The van der Waals surface area contributed by atoms with E-state index >= 15 is 0 Å². The number of nitrogens with zero attached hydrogens (tertiary/aromatic N) is 5. The molecular formula is C16H14ClF3N6O. The predicted octanol–water partition coefficient (Wildman–Crippen LogP) is 3.14. The first-order valence-electron chi connectivity index (χ1n) is 7.76. The lowest BCUT2D eigenvalue weighted by Crippen LogP contribution is -2.21. The number of amides is 1. The van der Waals surface area contributed by atoms with E-state index in [0.717, 1.165) is 16.3 Å². The SMILES string of the molecule is Cc1cc(C(F)(F)F)nn1CC(=O)Nc1ncn(Cc2cccc(Cl)c2)n1. The standard InChI is InChI=1S/C16H14ClF3N6O/c1-10-5-13(16(18,19)20)23-26(10)8-14(27)22-15-21-9-25(24-15)7-11-3-2-4-12(17)6-11/h2-6,9H,7-8H2,1H3,(H,22,24,27). The first kappa shape index (κ1) is 18.9. The van der Waals surface area contributed by atoms with Crippen molar-refractivity contribution in [2.45, 2.75) is 26.2 Å². The summed E-state index contributed by atoms with van der Waals surface area (Å²) in [6, 6.07) is 8.08. The summed E-state index contributed by atoms with van der Waals surface area (Å²) in [5.41, 5.74) is 0.0748. The molecule has 3 aromatic rings. The molecule has 0 bridgehead atoms. The zero-order chi connectivity index (χ0) is 19.6. The van der Waals surface area contributed by atoms with Crippen LogP contribution in [0, 0.1) is 6.92 Å². The van der Waals surface area contributed by atoms with Gasteiger partial charge in [0.2, 0.25) is 11.9 Å². The van der Waals surface area contributed by atoms with Gasteiger partial charge in [-0.1, -0.05) is 23.7 Å². The van der Waals surface area contributed by atoms with E-state index in [1.807, 2.05) is 6.07 Å². The maximum atomic E-state index is 12.7. The molecule has 1 amide bonds. The van der Waals surface area contributed by atoms with Crippen molar-refractivity contribution in [1.29, 1.82) is 0 Å². The zero-order valence-corrected chi connectivity index (χ0v) is 14.8. The maximum Gasteiger partial charge on any atom is 0.435 e. The van der Waals surface area contributed by atoms with Crippen LogP contribution in [-0.4, -0.2) is 30.5 Å². The van der Waals surface area contributed by atoms with E-state index in [-0.39, 0.29) is 18.2 Å². The lowest BCUT2D eigenvalue weighted by molar-refractivity contribution is -0.141. The zero-order valence-electron chi connectivity index (χ0n) is 14.0. The Morgan fingerprint density at radius 3 is 2.70 bits per heavy atom. The number of rotatable bonds is 5. The first-order valence-corrected chi connectivity index (χ1v) is 8.14. The van der Waals surface area contributed by atoms with Crippen molar-refractivity contribution in [1.82, 2.24) is 24.5 Å². The number of carbonyl (C=O) groups is 1. The molecule has 0 spiro atoms. The van der Waals surface area contributed by atoms with Crippen LogP contribution in [0.1, 0.15) is 17.0 Å². The van der Waals surface area contributed by atoms with Crippen molar-refractivity contribution in [3.05, 3.63) is 58.6 Å². The fourth-order valence-corrected chi connectivity index (χ4v) is 2.57. The number of benzene rings is 1. The molecule has 27 heavy (non-hydrogen) atoms. The third kappa shape index (κ3) is 4.85. The lowest BCUT2D eigenvalue weighted by atomic mass is 10.2. The van der Waals surface area contributed by atoms with Gasteiger partial charge in [-0.15, -0.1) is 5.10 Å². The van der Waals surface area contributed by atoms with Crippen molar-refractivity contribution >= 4 is 23.5 Å². The Labute approximate surface area is 156 Å². The highest BCUT2D eigenvalue weighted by molar-refractivity contribution is 6.30. The molecule has 0 fully saturated rings. The number of aryl methyl sites for hydroxylation is 1. The number of alkyl halides is 3. The number of nitrogens with one attached hydrogen (secondary N) is 1. The van der Waals surface area contributed by atoms with Gasteiger partial charge in [-0.3, -0.25) is 14.8 Å². The van der Waals surface area contributed by atoms with E-state index < -0.39 is 17.8 Å². The summed E-state index contributed by atoms with van der Waals surface area (Å²) in [5.74, 6) is -0.543. The Morgan fingerprint density at radius 2 is 2.04 bits per heavy atom. The van der Waals surface area contributed by atoms with Crippen LogP contribution >= 0.6 is 11.6 Å². The summed E-state index contributed by atoms with van der Waals surface area (Å²) < 4.78 is 40.5. The highest BCUT2D eigenvalue weighted by atomic mass is 35.5. The highest BCUT2D eigenvalue weighted by Crippen LogP contribution is 2.28. The summed E-state index contributed by atoms with van der Waals surface area (Å²) in [6.07, 6.45) is -3.13. The molecule has 0 unspecified atom stereocenters. The number of halogens is 4. The van der Waals surface area contributed by atoms with Gasteiger partial charge >= 0.3 is 6.18 Å². The molecule has 7 nitrogen and oxygen atoms in total. The van der Waals surface area contributed by atoms with Gasteiger partial charge in [0, 0.05) is 10.7 Å². The van der Waals surface area contributed by atoms with Gasteiger partial charge in [0.1, 0.15) is 12.9 Å². The van der Waals surface area contributed by atoms with E-state index in [9.17, 15) is 18.0 Å². The minimum absolute atomic E-state index is 0.0443. The van der Waals surface area contributed by atoms with Gasteiger partial charge in [-0.2, -0.15) is 18.3 Å². The van der Waals surface area contributed by atoms with Gasteiger partial charge in [0.25, 0.3) is 0 Å². The Hall–Kier alpha value is -2.88. The van der Waals surface area contributed by atoms with Gasteiger partial charge in [-0.05, 0) is 30.7 Å². The molecule has 0 aliphatic rings. The average Bonchev–Trinajstić information content (AvgIpc) is 3.14. The number of carbonyl (C=O) groups excluding carboxylic acids is 1. The maximum absolute atomic E-state index is 12.7. The Balaban J connectivity index is 1.62. The number of hydrogen-bond acceptors (Lipinski definition) is 4. The van der Waals surface area contributed by atoms with Crippen molar-refractivity contribution in [3.63, 3.8) is 0 Å². The number of anilines is 1. The molecule has 1 N–H and O–H groups in total. The Bertz CT molecular complexity index is 965. The molecule has 0 saturated heterocycles. The largest absolute Gasteiger partial charge is 0.435 e. The Morgan fingerprint density at radius 1 is 1.26 bits per heavy atom. The van der Waals surface area contributed by atoms with Crippen LogP contribution in [0.25, 0.3) is 0 Å². The van der Waals surface area contributed by atoms with E-state index in [1.54, 1.807) is 18.2 Å². The van der Waals surface area contributed by atoms with E-state index in [4.69, 9.17) is 11.6 Å². The molecule has 0 radical (unpaired) electrons. The van der Waals surface area contributed by atoms with Crippen LogP contribution in [-0.2, 0) is 24.1 Å². The van der Waals surface area contributed by atoms with E-state index in [0.29, 0.717) is 11.6 Å². The second kappa shape index (κ2) is 7.39. The van der Waals surface area contributed by atoms with Crippen LogP contribution in [0.4, 0.5) is 19.1 Å². The quantitative estimate of drug-likeness (QED) is 0.716. The third-order valence-corrected chi connectivity index (χ3v) is 3.82. The molecule has 142 valence electrons. The van der Waals surface area contributed by atoms with Crippen LogP contribution in [0.15, 0.2) is 36.7 Å². The Kier molecular flexibility index (Phi) is 5.17. The highest BCUT2D eigenvalue weighted by Gasteiger charge is 2.34. The summed E-state index contributed by atoms with van der Waals surface area (Å²) in [5, 5.41) is 10.5. The van der Waals surface area contributed by atoms with Crippen molar-refractivity contribution in [2.24, 2.45) is 0 Å². The minimum atomic E-state index is -4.56. The third-order valence-electron chi connectivity index (χ3n) is 3.59. The van der Waals surface area contributed by atoms with Gasteiger partial charge in [0.15, 0.2) is 5.69 Å². The molecule has 3 rings (SSSR count). The monoisotopic (exact) mass is 398 g/mol. The topological polar surface area (TPSA) is 77.6 Å². The van der Waals surface area contributed by atoms with Crippen LogP contribution in [0.3, 0.4) is 0 Å². The smallest absolute Gasteiger partial charge is 0.292 e. The molecular weight excluding hydrogens is 385 g/mol. The first-order chi connectivity index (χ1) is 12.7. The normalized spacial score (nSPS) is 11.6. The molecule has 11 heteroatoms. The second-order valence-corrected chi connectivity index (χ2v) is 6.21. The van der Waals surface area contributed by atoms with Gasteiger partial charge in [0.05, 0.1) is 6.54 Å². The van der Waals surface area contributed by atoms with E-state index in [1.165, 1.54) is 17.9 Å². The summed E-state index contributed by atoms with van der Waals surface area (Å²) in [4.78, 5) is 16.0. The fourth-order valence-electron chi connectivity index (χ4n) is 2.36. The molecule has 2 aromatic heterocycles. The summed E-state index contributed by atoms with van der Waals surface area (Å²) >= 11 is 5.92. The number of hydrogen-bond donors (Lipinski definition) is 1. The molecule has 0 saturated carbocycles. The van der Waals surface area contributed by atoms with Crippen LogP contribution in [0.5, 0.6) is 0 Å². The number of aromatic nitrogens is 5. The van der Waals surface area contributed by atoms with Crippen molar-refractivity contribution in [3.8, 4) is 0 Å². The molecule has 2 heterocycles. The molecule has 0 aliphatic heterocycles. The predicted molar refractivity (Wildman–Crippen MR) is 91.2 cm³/mol. The van der Waals surface area contributed by atoms with Crippen LogP contribution in [0.2, 0.25) is 5.02 Å². The summed E-state index contributed by atoms with van der Waals surface area (Å²) in [6.45, 7) is 1.45. The van der Waals surface area contributed by atoms with Crippen molar-refractivity contribution < 1.29 is 18.0 Å². The molecule has 1 aromatic carbocycles. The van der Waals surface area contributed by atoms with E-state index in [2.05, 4.69) is 20.5 Å². The average molecular weight is 399 g/mol. The van der Waals surface area contributed by atoms with Crippen LogP contribution < -0.4 is 5.32 Å². The lowest BCUT2D eigenvalue weighted by Gasteiger charge is -2.04.